The lowest BCUT2D eigenvalue weighted by atomic mass is 10.1. The van der Waals surface area contributed by atoms with Crippen molar-refractivity contribution < 1.29 is 9.50 Å². The van der Waals surface area contributed by atoms with Gasteiger partial charge in [0.15, 0.2) is 0 Å². The van der Waals surface area contributed by atoms with Gasteiger partial charge in [-0.1, -0.05) is 42.5 Å². The molecule has 1 unspecified atom stereocenters. The predicted octanol–water partition coefficient (Wildman–Crippen LogP) is 3.07. The van der Waals surface area contributed by atoms with Crippen LogP contribution in [0.2, 0.25) is 0 Å². The SMILES string of the molecule is OC(CCN1CCN(c2ccccc2F)CC1)c1ccccc1. The molecule has 1 saturated heterocycles. The van der Waals surface area contributed by atoms with Crippen molar-refractivity contribution in [3.05, 3.63) is 66.0 Å². The van der Waals surface area contributed by atoms with Crippen molar-refractivity contribution in [1.29, 1.82) is 0 Å². The normalized spacial score (nSPS) is 17.2. The summed E-state index contributed by atoms with van der Waals surface area (Å²) in [5, 5.41) is 10.2. The first-order valence-electron chi connectivity index (χ1n) is 8.19. The molecule has 0 spiro atoms. The lowest BCUT2D eigenvalue weighted by Gasteiger charge is -2.36. The molecule has 0 aromatic heterocycles. The van der Waals surface area contributed by atoms with E-state index >= 15 is 0 Å². The number of halogens is 1. The molecule has 2 aromatic carbocycles. The van der Waals surface area contributed by atoms with Crippen LogP contribution in [0.3, 0.4) is 0 Å². The number of rotatable bonds is 5. The van der Waals surface area contributed by atoms with E-state index in [1.54, 1.807) is 6.07 Å². The highest BCUT2D eigenvalue weighted by Crippen LogP contribution is 2.21. The highest BCUT2D eigenvalue weighted by atomic mass is 19.1. The Labute approximate surface area is 137 Å². The number of hydrogen-bond donors (Lipinski definition) is 1. The molecule has 4 heteroatoms. The zero-order valence-corrected chi connectivity index (χ0v) is 13.2. The summed E-state index contributed by atoms with van der Waals surface area (Å²) in [6, 6.07) is 16.7. The maximum atomic E-state index is 13.8. The standard InChI is InChI=1S/C19H23FN2O/c20-17-8-4-5-9-18(17)22-14-12-21(13-15-22)11-10-19(23)16-6-2-1-3-7-16/h1-9,19,23H,10-15H2. The summed E-state index contributed by atoms with van der Waals surface area (Å²) in [6.07, 6.45) is 0.310. The molecule has 1 aliphatic heterocycles. The number of nitrogens with zero attached hydrogens (tertiary/aromatic N) is 2. The van der Waals surface area contributed by atoms with Gasteiger partial charge in [0.2, 0.25) is 0 Å². The van der Waals surface area contributed by atoms with E-state index in [0.29, 0.717) is 5.69 Å². The van der Waals surface area contributed by atoms with Crippen LogP contribution in [0, 0.1) is 5.82 Å². The van der Waals surface area contributed by atoms with Crippen LogP contribution in [0.15, 0.2) is 54.6 Å². The molecule has 0 saturated carbocycles. The summed E-state index contributed by atoms with van der Waals surface area (Å²) in [7, 11) is 0. The van der Waals surface area contributed by atoms with Gasteiger partial charge in [-0.25, -0.2) is 4.39 Å². The van der Waals surface area contributed by atoms with Crippen molar-refractivity contribution in [2.75, 3.05) is 37.6 Å². The zero-order valence-electron chi connectivity index (χ0n) is 13.2. The second kappa shape index (κ2) is 7.57. The molecule has 1 heterocycles. The lowest BCUT2D eigenvalue weighted by molar-refractivity contribution is 0.139. The number of hydrogen-bond acceptors (Lipinski definition) is 3. The number of aliphatic hydroxyl groups is 1. The van der Waals surface area contributed by atoms with Crippen LogP contribution >= 0.6 is 0 Å². The first-order valence-corrected chi connectivity index (χ1v) is 8.19. The highest BCUT2D eigenvalue weighted by molar-refractivity contribution is 5.47. The third-order valence-corrected chi connectivity index (χ3v) is 4.47. The number of benzene rings is 2. The number of piperazine rings is 1. The van der Waals surface area contributed by atoms with Crippen LogP contribution in [0.25, 0.3) is 0 Å². The molecule has 3 nitrogen and oxygen atoms in total. The van der Waals surface area contributed by atoms with E-state index in [-0.39, 0.29) is 5.82 Å². The smallest absolute Gasteiger partial charge is 0.146 e. The minimum Gasteiger partial charge on any atom is -0.388 e. The average Bonchev–Trinajstić information content (AvgIpc) is 2.61. The van der Waals surface area contributed by atoms with Crippen molar-refractivity contribution in [2.45, 2.75) is 12.5 Å². The Morgan fingerprint density at radius 1 is 0.913 bits per heavy atom. The predicted molar refractivity (Wildman–Crippen MR) is 91.1 cm³/mol. The van der Waals surface area contributed by atoms with Gasteiger partial charge in [-0.15, -0.1) is 0 Å². The second-order valence-electron chi connectivity index (χ2n) is 6.00. The third kappa shape index (κ3) is 4.09. The minimum absolute atomic E-state index is 0.152. The topological polar surface area (TPSA) is 26.7 Å². The quantitative estimate of drug-likeness (QED) is 0.919. The summed E-state index contributed by atoms with van der Waals surface area (Å²) in [5.41, 5.74) is 1.66. The Morgan fingerprint density at radius 2 is 1.57 bits per heavy atom. The molecular weight excluding hydrogens is 291 g/mol. The molecule has 0 radical (unpaired) electrons. The summed E-state index contributed by atoms with van der Waals surface area (Å²) >= 11 is 0. The molecule has 1 N–H and O–H groups in total. The second-order valence-corrected chi connectivity index (χ2v) is 6.00. The van der Waals surface area contributed by atoms with Gasteiger partial charge < -0.3 is 10.0 Å². The van der Waals surface area contributed by atoms with Gasteiger partial charge >= 0.3 is 0 Å². The molecule has 1 aliphatic rings. The van der Waals surface area contributed by atoms with Crippen molar-refractivity contribution in [3.8, 4) is 0 Å². The van der Waals surface area contributed by atoms with Crippen LogP contribution in [-0.2, 0) is 0 Å². The van der Waals surface area contributed by atoms with Gasteiger partial charge in [0, 0.05) is 32.7 Å². The third-order valence-electron chi connectivity index (χ3n) is 4.47. The van der Waals surface area contributed by atoms with E-state index < -0.39 is 6.10 Å². The van der Waals surface area contributed by atoms with E-state index in [1.807, 2.05) is 42.5 Å². The molecule has 122 valence electrons. The van der Waals surface area contributed by atoms with Crippen LogP contribution in [-0.4, -0.2) is 42.7 Å². The molecule has 1 fully saturated rings. The first kappa shape index (κ1) is 16.0. The molecule has 0 bridgehead atoms. The number of para-hydroxylation sites is 1. The van der Waals surface area contributed by atoms with Crippen LogP contribution < -0.4 is 4.90 Å². The van der Waals surface area contributed by atoms with E-state index in [9.17, 15) is 9.50 Å². The fraction of sp³-hybridized carbons (Fsp3) is 0.368. The van der Waals surface area contributed by atoms with Crippen LogP contribution in [0.1, 0.15) is 18.1 Å². The van der Waals surface area contributed by atoms with Crippen LogP contribution in [0.5, 0.6) is 0 Å². The maximum absolute atomic E-state index is 13.8. The van der Waals surface area contributed by atoms with Crippen LogP contribution in [0.4, 0.5) is 10.1 Å². The Balaban J connectivity index is 1.47. The summed E-state index contributed by atoms with van der Waals surface area (Å²) < 4.78 is 13.8. The van der Waals surface area contributed by atoms with Gasteiger partial charge in [-0.2, -0.15) is 0 Å². The van der Waals surface area contributed by atoms with Gasteiger partial charge in [0.05, 0.1) is 11.8 Å². The van der Waals surface area contributed by atoms with E-state index in [1.165, 1.54) is 6.07 Å². The van der Waals surface area contributed by atoms with Gasteiger partial charge in [-0.05, 0) is 24.1 Å². The summed E-state index contributed by atoms with van der Waals surface area (Å²) in [5.74, 6) is -0.152. The zero-order chi connectivity index (χ0) is 16.1. The number of aliphatic hydroxyl groups excluding tert-OH is 1. The molecule has 23 heavy (non-hydrogen) atoms. The van der Waals surface area contributed by atoms with Crippen molar-refractivity contribution in [2.24, 2.45) is 0 Å². The molecular formula is C19H23FN2O. The Hall–Kier alpha value is -1.91. The molecule has 2 aromatic rings. The molecule has 0 aliphatic carbocycles. The van der Waals surface area contributed by atoms with Gasteiger partial charge in [0.25, 0.3) is 0 Å². The Bertz CT molecular complexity index is 612. The maximum Gasteiger partial charge on any atom is 0.146 e. The van der Waals surface area contributed by atoms with Gasteiger partial charge in [0.1, 0.15) is 5.82 Å². The largest absolute Gasteiger partial charge is 0.388 e. The lowest BCUT2D eigenvalue weighted by Crippen LogP contribution is -2.47. The fourth-order valence-electron chi connectivity index (χ4n) is 3.07. The molecule has 3 rings (SSSR count). The van der Waals surface area contributed by atoms with Crippen molar-refractivity contribution in [1.82, 2.24) is 4.90 Å². The molecule has 0 amide bonds. The molecule has 1 atom stereocenters. The first-order chi connectivity index (χ1) is 11.2. The van der Waals surface area contributed by atoms with Crippen molar-refractivity contribution >= 4 is 5.69 Å². The van der Waals surface area contributed by atoms with E-state index in [0.717, 1.165) is 44.7 Å². The number of anilines is 1. The van der Waals surface area contributed by atoms with Crippen molar-refractivity contribution in [3.63, 3.8) is 0 Å². The Morgan fingerprint density at radius 3 is 2.26 bits per heavy atom. The Kier molecular flexibility index (Phi) is 5.26. The van der Waals surface area contributed by atoms with Gasteiger partial charge in [-0.3, -0.25) is 4.90 Å². The summed E-state index contributed by atoms with van der Waals surface area (Å²) in [6.45, 7) is 4.30. The van der Waals surface area contributed by atoms with E-state index in [4.69, 9.17) is 0 Å². The highest BCUT2D eigenvalue weighted by Gasteiger charge is 2.19. The van der Waals surface area contributed by atoms with E-state index in [2.05, 4.69) is 9.80 Å². The minimum atomic E-state index is -0.416. The summed E-state index contributed by atoms with van der Waals surface area (Å²) in [4.78, 5) is 4.43. The average molecular weight is 314 g/mol. The monoisotopic (exact) mass is 314 g/mol. The fourth-order valence-corrected chi connectivity index (χ4v) is 3.07.